The molecule has 1 aliphatic rings. The van der Waals surface area contributed by atoms with Gasteiger partial charge in [-0.2, -0.15) is 13.2 Å². The molecule has 1 aliphatic heterocycles. The van der Waals surface area contributed by atoms with Crippen molar-refractivity contribution < 1.29 is 27.8 Å². The predicted octanol–water partition coefficient (Wildman–Crippen LogP) is 1.22. The lowest BCUT2D eigenvalue weighted by Gasteiger charge is -2.21. The number of alkyl halides is 3. The maximum absolute atomic E-state index is 12.7. The summed E-state index contributed by atoms with van der Waals surface area (Å²) in [6, 6.07) is -0.901. The predicted molar refractivity (Wildman–Crippen MR) is 53.6 cm³/mol. The zero-order valence-electron chi connectivity index (χ0n) is 9.70. The summed E-state index contributed by atoms with van der Waals surface area (Å²) in [7, 11) is 1.34. The number of carboxylic acids is 1. The Morgan fingerprint density at radius 3 is 2.53 bits per heavy atom. The topological polar surface area (TPSA) is 49.8 Å². The molecular formula is C10H16F3NO3. The van der Waals surface area contributed by atoms with E-state index in [4.69, 9.17) is 9.84 Å². The molecule has 4 nitrogen and oxygen atoms in total. The van der Waals surface area contributed by atoms with Crippen molar-refractivity contribution in [3.05, 3.63) is 0 Å². The van der Waals surface area contributed by atoms with Gasteiger partial charge < -0.3 is 9.84 Å². The van der Waals surface area contributed by atoms with E-state index in [1.165, 1.54) is 18.9 Å². The summed E-state index contributed by atoms with van der Waals surface area (Å²) in [5.41, 5.74) is 0. The maximum atomic E-state index is 12.7. The van der Waals surface area contributed by atoms with E-state index >= 15 is 0 Å². The van der Waals surface area contributed by atoms with Gasteiger partial charge >= 0.3 is 12.1 Å². The van der Waals surface area contributed by atoms with Crippen LogP contribution in [0.1, 0.15) is 6.92 Å². The molecule has 17 heavy (non-hydrogen) atoms. The van der Waals surface area contributed by atoms with Gasteiger partial charge in [-0.25, -0.2) is 0 Å². The zero-order valence-corrected chi connectivity index (χ0v) is 9.70. The molecule has 0 spiro atoms. The van der Waals surface area contributed by atoms with Gasteiger partial charge in [-0.05, 0) is 6.92 Å². The first-order chi connectivity index (χ1) is 7.77. The number of hydrogen-bond donors (Lipinski definition) is 1. The van der Waals surface area contributed by atoms with E-state index in [1.54, 1.807) is 0 Å². The van der Waals surface area contributed by atoms with Crippen LogP contribution < -0.4 is 0 Å². The van der Waals surface area contributed by atoms with Gasteiger partial charge in [-0.1, -0.05) is 0 Å². The second-order valence-corrected chi connectivity index (χ2v) is 4.33. The molecule has 0 radical (unpaired) electrons. The lowest BCUT2D eigenvalue weighted by Crippen LogP contribution is -2.38. The molecule has 0 bridgehead atoms. The first kappa shape index (κ1) is 14.2. The molecule has 7 heteroatoms. The Labute approximate surface area is 97.3 Å². The van der Waals surface area contributed by atoms with Crippen molar-refractivity contribution in [2.75, 3.05) is 26.8 Å². The summed E-state index contributed by atoms with van der Waals surface area (Å²) in [4.78, 5) is 12.1. The van der Waals surface area contributed by atoms with E-state index in [9.17, 15) is 18.0 Å². The number of halogens is 3. The van der Waals surface area contributed by atoms with Gasteiger partial charge in [-0.15, -0.1) is 0 Å². The van der Waals surface area contributed by atoms with E-state index in [-0.39, 0.29) is 19.7 Å². The molecule has 1 rings (SSSR count). The molecule has 0 aromatic carbocycles. The highest BCUT2D eigenvalue weighted by Gasteiger charge is 2.50. The van der Waals surface area contributed by atoms with Crippen LogP contribution in [-0.2, 0) is 9.53 Å². The molecule has 1 fully saturated rings. The van der Waals surface area contributed by atoms with Crippen molar-refractivity contribution in [3.63, 3.8) is 0 Å². The smallest absolute Gasteiger partial charge is 0.393 e. The lowest BCUT2D eigenvalue weighted by molar-refractivity contribution is -0.184. The number of nitrogens with zero attached hydrogens (tertiary/aromatic N) is 1. The van der Waals surface area contributed by atoms with E-state index in [2.05, 4.69) is 0 Å². The van der Waals surface area contributed by atoms with Crippen LogP contribution in [0, 0.1) is 11.8 Å². The largest absolute Gasteiger partial charge is 0.480 e. The Hall–Kier alpha value is -0.820. The van der Waals surface area contributed by atoms with Crippen molar-refractivity contribution in [3.8, 4) is 0 Å². The highest BCUT2D eigenvalue weighted by Crippen LogP contribution is 2.38. The second kappa shape index (κ2) is 5.22. The van der Waals surface area contributed by atoms with Crippen LogP contribution in [0.15, 0.2) is 0 Å². The Kier molecular flexibility index (Phi) is 4.37. The van der Waals surface area contributed by atoms with Crippen LogP contribution >= 0.6 is 0 Å². The highest BCUT2D eigenvalue weighted by molar-refractivity contribution is 5.72. The first-order valence-electron chi connectivity index (χ1n) is 5.30. The van der Waals surface area contributed by atoms with Crippen LogP contribution in [0.25, 0.3) is 0 Å². The monoisotopic (exact) mass is 255 g/mol. The average molecular weight is 255 g/mol. The minimum atomic E-state index is -4.31. The molecule has 0 aliphatic carbocycles. The van der Waals surface area contributed by atoms with E-state index in [0.29, 0.717) is 0 Å². The Bertz CT molecular complexity index is 282. The van der Waals surface area contributed by atoms with Crippen LogP contribution in [0.3, 0.4) is 0 Å². The summed E-state index contributed by atoms with van der Waals surface area (Å²) < 4.78 is 43.0. The quantitative estimate of drug-likeness (QED) is 0.820. The Morgan fingerprint density at radius 2 is 2.12 bits per heavy atom. The van der Waals surface area contributed by atoms with Gasteiger partial charge in [0.05, 0.1) is 12.5 Å². The Morgan fingerprint density at radius 1 is 1.53 bits per heavy atom. The number of ether oxygens (including phenoxy) is 1. The van der Waals surface area contributed by atoms with Crippen LogP contribution in [0.4, 0.5) is 13.2 Å². The number of carbonyl (C=O) groups is 1. The van der Waals surface area contributed by atoms with Gasteiger partial charge in [-0.3, -0.25) is 9.69 Å². The van der Waals surface area contributed by atoms with Crippen molar-refractivity contribution in [1.29, 1.82) is 0 Å². The summed E-state index contributed by atoms with van der Waals surface area (Å²) >= 11 is 0. The SMILES string of the molecule is COC[C@@H]1CN([C@@H](C)C(=O)O)C[C@@H]1C(F)(F)F. The van der Waals surface area contributed by atoms with Gasteiger partial charge in [0.15, 0.2) is 0 Å². The third-order valence-corrected chi connectivity index (χ3v) is 3.18. The van der Waals surface area contributed by atoms with E-state index in [0.717, 1.165) is 0 Å². The molecule has 100 valence electrons. The normalized spacial score (nSPS) is 28.3. The number of likely N-dealkylation sites (tertiary alicyclic amines) is 1. The van der Waals surface area contributed by atoms with Crippen molar-refractivity contribution >= 4 is 5.97 Å². The lowest BCUT2D eigenvalue weighted by atomic mass is 9.96. The third-order valence-electron chi connectivity index (χ3n) is 3.18. The fourth-order valence-corrected chi connectivity index (χ4v) is 2.13. The van der Waals surface area contributed by atoms with E-state index in [1.807, 2.05) is 0 Å². The minimum Gasteiger partial charge on any atom is -0.480 e. The summed E-state index contributed by atoms with van der Waals surface area (Å²) in [5, 5.41) is 8.79. The van der Waals surface area contributed by atoms with Crippen molar-refractivity contribution in [2.24, 2.45) is 11.8 Å². The van der Waals surface area contributed by atoms with Gasteiger partial charge in [0.2, 0.25) is 0 Å². The van der Waals surface area contributed by atoms with Crippen LogP contribution in [0.5, 0.6) is 0 Å². The number of methoxy groups -OCH3 is 1. The minimum absolute atomic E-state index is 0.00693. The molecule has 3 atom stereocenters. The second-order valence-electron chi connectivity index (χ2n) is 4.33. The number of carboxylic acid groups (broad SMARTS) is 1. The zero-order chi connectivity index (χ0) is 13.2. The highest BCUT2D eigenvalue weighted by atomic mass is 19.4. The average Bonchev–Trinajstić information content (AvgIpc) is 2.60. The van der Waals surface area contributed by atoms with Crippen molar-refractivity contribution in [1.82, 2.24) is 4.90 Å². The van der Waals surface area contributed by atoms with E-state index < -0.39 is 30.0 Å². The molecule has 0 amide bonds. The molecule has 1 heterocycles. The maximum Gasteiger partial charge on any atom is 0.393 e. The van der Waals surface area contributed by atoms with Gasteiger partial charge in [0.1, 0.15) is 6.04 Å². The van der Waals surface area contributed by atoms with Gasteiger partial charge in [0, 0.05) is 26.1 Å². The first-order valence-corrected chi connectivity index (χ1v) is 5.30. The van der Waals surface area contributed by atoms with Crippen LogP contribution in [-0.4, -0.2) is 55.0 Å². The van der Waals surface area contributed by atoms with Gasteiger partial charge in [0.25, 0.3) is 0 Å². The molecule has 1 saturated heterocycles. The third kappa shape index (κ3) is 3.32. The molecule has 0 unspecified atom stereocenters. The fraction of sp³-hybridized carbons (Fsp3) is 0.900. The fourth-order valence-electron chi connectivity index (χ4n) is 2.13. The summed E-state index contributed by atoms with van der Waals surface area (Å²) in [5.74, 6) is -3.31. The summed E-state index contributed by atoms with van der Waals surface area (Å²) in [6.07, 6.45) is -4.31. The van der Waals surface area contributed by atoms with Crippen molar-refractivity contribution in [2.45, 2.75) is 19.1 Å². The number of aliphatic carboxylic acids is 1. The van der Waals surface area contributed by atoms with Crippen LogP contribution in [0.2, 0.25) is 0 Å². The molecule has 0 aromatic rings. The molecule has 0 aromatic heterocycles. The molecule has 0 saturated carbocycles. The molecular weight excluding hydrogens is 239 g/mol. The number of rotatable bonds is 4. The number of hydrogen-bond acceptors (Lipinski definition) is 3. The molecule has 1 N–H and O–H groups in total. The standard InChI is InChI=1S/C10H16F3NO3/c1-6(9(15)16)14-3-7(5-17-2)8(4-14)10(11,12)13/h6-8H,3-5H2,1-2H3,(H,15,16)/t6-,7-,8-/m0/s1. The summed E-state index contributed by atoms with van der Waals surface area (Å²) in [6.45, 7) is 1.22. The Balaban J connectivity index is 2.75.